The van der Waals surface area contributed by atoms with Crippen molar-refractivity contribution in [2.45, 2.75) is 13.0 Å². The average molecular weight is 416 g/mol. The molecule has 0 N–H and O–H groups in total. The first-order chi connectivity index (χ1) is 15.2. The Morgan fingerprint density at radius 2 is 1.77 bits per heavy atom. The van der Waals surface area contributed by atoms with Gasteiger partial charge in [-0.25, -0.2) is 0 Å². The zero-order valence-electron chi connectivity index (χ0n) is 18.2. The van der Waals surface area contributed by atoms with Gasteiger partial charge in [0.2, 0.25) is 5.91 Å². The number of hydrogen-bond acceptors (Lipinski definition) is 4. The van der Waals surface area contributed by atoms with Crippen molar-refractivity contribution in [3.63, 3.8) is 0 Å². The van der Waals surface area contributed by atoms with Crippen LogP contribution in [0.15, 0.2) is 73.1 Å². The van der Waals surface area contributed by atoms with Gasteiger partial charge in [0.1, 0.15) is 5.75 Å². The normalized spacial score (nSPS) is 17.4. The summed E-state index contributed by atoms with van der Waals surface area (Å²) < 4.78 is 5.54. The summed E-state index contributed by atoms with van der Waals surface area (Å²) in [5.41, 5.74) is 4.56. The van der Waals surface area contributed by atoms with Crippen molar-refractivity contribution in [3.8, 4) is 16.9 Å². The molecule has 1 unspecified atom stereocenters. The highest BCUT2D eigenvalue weighted by molar-refractivity contribution is 5.80. The Balaban J connectivity index is 1.58. The SMILES string of the molecule is COc1ccccc1CN1CCN(C)C(=O)C(Cc2ccccc2-c2cccnc2)C1. The molecule has 0 spiro atoms. The fourth-order valence-electron chi connectivity index (χ4n) is 4.33. The first-order valence-electron chi connectivity index (χ1n) is 10.7. The molecule has 5 nitrogen and oxygen atoms in total. The van der Waals surface area contributed by atoms with Crippen LogP contribution in [-0.4, -0.2) is 54.5 Å². The molecule has 1 aliphatic rings. The fraction of sp³-hybridized carbons (Fsp3) is 0.308. The van der Waals surface area contributed by atoms with Crippen LogP contribution in [0.3, 0.4) is 0 Å². The Labute approximate surface area is 184 Å². The summed E-state index contributed by atoms with van der Waals surface area (Å²) in [5, 5.41) is 0. The Hall–Kier alpha value is -3.18. The first-order valence-corrected chi connectivity index (χ1v) is 10.7. The van der Waals surface area contributed by atoms with Crippen molar-refractivity contribution in [1.82, 2.24) is 14.8 Å². The van der Waals surface area contributed by atoms with E-state index in [9.17, 15) is 4.79 Å². The third-order valence-corrected chi connectivity index (χ3v) is 6.00. The van der Waals surface area contributed by atoms with E-state index in [1.807, 2.05) is 54.5 Å². The number of amides is 1. The predicted octanol–water partition coefficient (Wildman–Crippen LogP) is 3.89. The third-order valence-electron chi connectivity index (χ3n) is 6.00. The Morgan fingerprint density at radius 1 is 1.00 bits per heavy atom. The van der Waals surface area contributed by atoms with E-state index in [2.05, 4.69) is 34.1 Å². The summed E-state index contributed by atoms with van der Waals surface area (Å²) in [6.45, 7) is 3.07. The van der Waals surface area contributed by atoms with Gasteiger partial charge in [-0.1, -0.05) is 48.5 Å². The monoisotopic (exact) mass is 415 g/mol. The summed E-state index contributed by atoms with van der Waals surface area (Å²) in [6.07, 6.45) is 4.37. The quantitative estimate of drug-likeness (QED) is 0.613. The molecule has 0 aliphatic carbocycles. The van der Waals surface area contributed by atoms with E-state index in [0.717, 1.165) is 48.6 Å². The highest BCUT2D eigenvalue weighted by atomic mass is 16.5. The van der Waals surface area contributed by atoms with E-state index < -0.39 is 0 Å². The minimum Gasteiger partial charge on any atom is -0.496 e. The Morgan fingerprint density at radius 3 is 2.55 bits per heavy atom. The van der Waals surface area contributed by atoms with Crippen molar-refractivity contribution in [2.24, 2.45) is 5.92 Å². The van der Waals surface area contributed by atoms with Crippen LogP contribution in [0.25, 0.3) is 11.1 Å². The molecule has 1 atom stereocenters. The lowest BCUT2D eigenvalue weighted by Gasteiger charge is -2.24. The number of carbonyl (C=O) groups is 1. The van der Waals surface area contributed by atoms with E-state index in [1.165, 1.54) is 5.56 Å². The van der Waals surface area contributed by atoms with Crippen molar-refractivity contribution in [3.05, 3.63) is 84.2 Å². The first kappa shape index (κ1) is 21.1. The molecule has 1 fully saturated rings. The maximum absolute atomic E-state index is 13.2. The van der Waals surface area contributed by atoms with Gasteiger partial charge in [-0.15, -0.1) is 0 Å². The van der Waals surface area contributed by atoms with E-state index in [1.54, 1.807) is 13.3 Å². The van der Waals surface area contributed by atoms with E-state index >= 15 is 0 Å². The molecule has 1 amide bonds. The molecule has 160 valence electrons. The second-order valence-corrected chi connectivity index (χ2v) is 8.11. The molecule has 2 aromatic carbocycles. The number of methoxy groups -OCH3 is 1. The molecule has 0 saturated carbocycles. The molecule has 1 aromatic heterocycles. The second kappa shape index (κ2) is 9.75. The maximum atomic E-state index is 13.2. The number of ether oxygens (including phenoxy) is 1. The van der Waals surface area contributed by atoms with Crippen molar-refractivity contribution >= 4 is 5.91 Å². The number of carbonyl (C=O) groups excluding carboxylic acids is 1. The summed E-state index contributed by atoms with van der Waals surface area (Å²) in [7, 11) is 3.62. The Kier molecular flexibility index (Phi) is 6.63. The van der Waals surface area contributed by atoms with Crippen LogP contribution in [0.4, 0.5) is 0 Å². The zero-order valence-corrected chi connectivity index (χ0v) is 18.2. The maximum Gasteiger partial charge on any atom is 0.227 e. The predicted molar refractivity (Wildman–Crippen MR) is 123 cm³/mol. The Bertz CT molecular complexity index is 1020. The lowest BCUT2D eigenvalue weighted by Crippen LogP contribution is -2.34. The molecule has 0 bridgehead atoms. The smallest absolute Gasteiger partial charge is 0.227 e. The van der Waals surface area contributed by atoms with Gasteiger partial charge in [-0.3, -0.25) is 14.7 Å². The van der Waals surface area contributed by atoms with Gasteiger partial charge in [0.05, 0.1) is 13.0 Å². The van der Waals surface area contributed by atoms with Crippen LogP contribution >= 0.6 is 0 Å². The number of hydrogen-bond donors (Lipinski definition) is 0. The van der Waals surface area contributed by atoms with Gasteiger partial charge < -0.3 is 9.64 Å². The number of benzene rings is 2. The number of rotatable bonds is 6. The van der Waals surface area contributed by atoms with Gasteiger partial charge in [0, 0.05) is 56.7 Å². The zero-order chi connectivity index (χ0) is 21.6. The van der Waals surface area contributed by atoms with E-state index in [4.69, 9.17) is 4.74 Å². The summed E-state index contributed by atoms with van der Waals surface area (Å²) in [5.74, 6) is 1.01. The largest absolute Gasteiger partial charge is 0.496 e. The number of nitrogens with zero attached hydrogens (tertiary/aromatic N) is 3. The molecule has 3 aromatic rings. The van der Waals surface area contributed by atoms with E-state index in [0.29, 0.717) is 6.42 Å². The molecule has 31 heavy (non-hydrogen) atoms. The second-order valence-electron chi connectivity index (χ2n) is 8.11. The van der Waals surface area contributed by atoms with Crippen LogP contribution in [0, 0.1) is 5.92 Å². The lowest BCUT2D eigenvalue weighted by atomic mass is 9.91. The van der Waals surface area contributed by atoms with Crippen molar-refractivity contribution < 1.29 is 9.53 Å². The number of pyridine rings is 1. The average Bonchev–Trinajstić information content (AvgIpc) is 2.94. The van der Waals surface area contributed by atoms with Gasteiger partial charge in [-0.05, 0) is 29.7 Å². The van der Waals surface area contributed by atoms with Gasteiger partial charge in [0.25, 0.3) is 0 Å². The molecular weight excluding hydrogens is 386 g/mol. The molecule has 1 saturated heterocycles. The minimum atomic E-state index is -0.0972. The third kappa shape index (κ3) is 4.94. The van der Waals surface area contributed by atoms with Crippen LogP contribution in [0.5, 0.6) is 5.75 Å². The number of likely N-dealkylation sites (N-methyl/N-ethyl adjacent to an activating group) is 1. The van der Waals surface area contributed by atoms with E-state index in [-0.39, 0.29) is 11.8 Å². The van der Waals surface area contributed by atoms with Crippen LogP contribution < -0.4 is 4.74 Å². The minimum absolute atomic E-state index is 0.0972. The van der Waals surface area contributed by atoms with Crippen LogP contribution in [0.1, 0.15) is 11.1 Å². The summed E-state index contributed by atoms with van der Waals surface area (Å²) >= 11 is 0. The van der Waals surface area contributed by atoms with Crippen LogP contribution in [0.2, 0.25) is 0 Å². The number of aromatic nitrogens is 1. The molecular formula is C26H29N3O2. The van der Waals surface area contributed by atoms with Gasteiger partial charge >= 0.3 is 0 Å². The fourth-order valence-corrected chi connectivity index (χ4v) is 4.33. The molecule has 5 heteroatoms. The standard InChI is InChI=1S/C26H29N3O2/c1-28-14-15-29(18-22-9-4-6-12-25(22)31-2)19-23(26(28)30)16-20-8-3-5-11-24(20)21-10-7-13-27-17-21/h3-13,17,23H,14-16,18-19H2,1-2H3. The number of para-hydroxylation sites is 1. The van der Waals surface area contributed by atoms with Crippen molar-refractivity contribution in [1.29, 1.82) is 0 Å². The molecule has 1 aliphatic heterocycles. The molecule has 4 rings (SSSR count). The summed E-state index contributed by atoms with van der Waals surface area (Å²) in [6, 6.07) is 20.5. The topological polar surface area (TPSA) is 45.7 Å². The molecule has 2 heterocycles. The van der Waals surface area contributed by atoms with Crippen LogP contribution in [-0.2, 0) is 17.8 Å². The molecule has 0 radical (unpaired) electrons. The van der Waals surface area contributed by atoms with Gasteiger partial charge in [0.15, 0.2) is 0 Å². The summed E-state index contributed by atoms with van der Waals surface area (Å²) in [4.78, 5) is 21.7. The lowest BCUT2D eigenvalue weighted by molar-refractivity contribution is -0.133. The van der Waals surface area contributed by atoms with Crippen molar-refractivity contribution in [2.75, 3.05) is 33.8 Å². The van der Waals surface area contributed by atoms with Gasteiger partial charge in [-0.2, -0.15) is 0 Å². The highest BCUT2D eigenvalue weighted by Gasteiger charge is 2.29. The highest BCUT2D eigenvalue weighted by Crippen LogP contribution is 2.27.